The minimum absolute atomic E-state index is 0.229. The average Bonchev–Trinajstić information content (AvgIpc) is 2.67. The van der Waals surface area contributed by atoms with Gasteiger partial charge in [0.25, 0.3) is 11.1 Å². The Morgan fingerprint density at radius 1 is 0.929 bits per heavy atom. The monoisotopic (exact) mass is 380 g/mol. The Hall–Kier alpha value is -3.68. The first-order valence-corrected chi connectivity index (χ1v) is 8.71. The molecule has 1 aromatic heterocycles. The number of aromatic nitrogens is 2. The summed E-state index contributed by atoms with van der Waals surface area (Å²) in [5.74, 6) is -0.949. The van der Waals surface area contributed by atoms with Crippen molar-refractivity contribution in [1.82, 2.24) is 15.1 Å². The lowest BCUT2D eigenvalue weighted by atomic mass is 10.1. The molecule has 3 N–H and O–H groups in total. The van der Waals surface area contributed by atoms with Gasteiger partial charge in [-0.05, 0) is 37.1 Å². The summed E-state index contributed by atoms with van der Waals surface area (Å²) in [5, 5.41) is 8.08. The summed E-state index contributed by atoms with van der Waals surface area (Å²) in [7, 11) is 0. The van der Waals surface area contributed by atoms with Gasteiger partial charge in [-0.25, -0.2) is 4.68 Å². The first-order chi connectivity index (χ1) is 13.4. The van der Waals surface area contributed by atoms with E-state index in [2.05, 4.69) is 15.7 Å². The lowest BCUT2D eigenvalue weighted by molar-refractivity contribution is -0.124. The van der Waals surface area contributed by atoms with Gasteiger partial charge in [0.15, 0.2) is 0 Å². The molecule has 0 spiro atoms. The van der Waals surface area contributed by atoms with Gasteiger partial charge >= 0.3 is 0 Å². The number of benzene rings is 2. The number of amides is 2. The number of nitrogens with zero attached hydrogens (tertiary/aromatic N) is 1. The van der Waals surface area contributed by atoms with Crippen molar-refractivity contribution in [3.63, 3.8) is 0 Å². The zero-order chi connectivity index (χ0) is 20.3. The molecule has 8 heteroatoms. The zero-order valence-corrected chi connectivity index (χ0v) is 15.5. The van der Waals surface area contributed by atoms with Gasteiger partial charge in [-0.2, -0.15) is 0 Å². The molecule has 0 aliphatic rings. The van der Waals surface area contributed by atoms with E-state index in [1.807, 2.05) is 32.0 Å². The molecular weight excluding hydrogens is 360 g/mol. The van der Waals surface area contributed by atoms with Crippen LogP contribution in [0, 0.1) is 13.8 Å². The topological polar surface area (TPSA) is 113 Å². The van der Waals surface area contributed by atoms with Crippen LogP contribution in [0.15, 0.2) is 52.1 Å². The Bertz CT molecular complexity index is 1160. The third-order valence-corrected chi connectivity index (χ3v) is 4.38. The summed E-state index contributed by atoms with van der Waals surface area (Å²) in [6.45, 7) is 3.11. The number of aryl methyl sites for hydroxylation is 2. The van der Waals surface area contributed by atoms with E-state index in [4.69, 9.17) is 0 Å². The molecule has 2 amide bonds. The summed E-state index contributed by atoms with van der Waals surface area (Å²) in [4.78, 5) is 48.7. The predicted octanol–water partition coefficient (Wildman–Crippen LogP) is 1.06. The van der Waals surface area contributed by atoms with Crippen LogP contribution in [0.2, 0.25) is 0 Å². The Morgan fingerprint density at radius 2 is 1.57 bits per heavy atom. The highest BCUT2D eigenvalue weighted by atomic mass is 16.2. The van der Waals surface area contributed by atoms with E-state index in [1.165, 1.54) is 12.1 Å². The fraction of sp³-hybridized carbons (Fsp3) is 0.200. The SMILES string of the molecule is Cc1cccc(C)c1NC(=O)CNC(=O)Cn1[nH]c(=O)c2ccccc2c1=O. The predicted molar refractivity (Wildman–Crippen MR) is 106 cm³/mol. The Kier molecular flexibility index (Phi) is 5.39. The number of para-hydroxylation sites is 1. The molecular formula is C20H20N4O4. The molecule has 0 saturated heterocycles. The molecule has 8 nitrogen and oxygen atoms in total. The first kappa shape index (κ1) is 19.1. The molecule has 28 heavy (non-hydrogen) atoms. The maximum atomic E-state index is 12.4. The summed E-state index contributed by atoms with van der Waals surface area (Å²) < 4.78 is 0.934. The maximum absolute atomic E-state index is 12.4. The fourth-order valence-corrected chi connectivity index (χ4v) is 2.93. The van der Waals surface area contributed by atoms with E-state index < -0.39 is 23.6 Å². The average molecular weight is 380 g/mol. The lowest BCUT2D eigenvalue weighted by Crippen LogP contribution is -2.39. The number of carbonyl (C=O) groups excluding carboxylic acids is 2. The molecule has 0 fully saturated rings. The number of hydrogen-bond acceptors (Lipinski definition) is 4. The van der Waals surface area contributed by atoms with Crippen LogP contribution >= 0.6 is 0 Å². The van der Waals surface area contributed by atoms with E-state index in [-0.39, 0.29) is 23.2 Å². The molecule has 0 aliphatic heterocycles. The second-order valence-electron chi connectivity index (χ2n) is 6.47. The van der Waals surface area contributed by atoms with Crippen molar-refractivity contribution in [2.24, 2.45) is 0 Å². The van der Waals surface area contributed by atoms with Crippen LogP contribution in [-0.2, 0) is 16.1 Å². The number of hydrogen-bond donors (Lipinski definition) is 3. The minimum atomic E-state index is -0.565. The number of carbonyl (C=O) groups is 2. The lowest BCUT2D eigenvalue weighted by Gasteiger charge is -2.12. The minimum Gasteiger partial charge on any atom is -0.345 e. The van der Waals surface area contributed by atoms with E-state index >= 15 is 0 Å². The molecule has 3 rings (SSSR count). The van der Waals surface area contributed by atoms with Gasteiger partial charge in [-0.1, -0.05) is 30.3 Å². The van der Waals surface area contributed by atoms with Gasteiger partial charge in [-0.15, -0.1) is 0 Å². The molecule has 2 aromatic carbocycles. The molecule has 0 atom stereocenters. The molecule has 1 heterocycles. The van der Waals surface area contributed by atoms with Crippen LogP contribution in [0.25, 0.3) is 10.8 Å². The van der Waals surface area contributed by atoms with Crippen LogP contribution < -0.4 is 21.8 Å². The number of rotatable bonds is 5. The van der Waals surface area contributed by atoms with Gasteiger partial charge < -0.3 is 10.6 Å². The van der Waals surface area contributed by atoms with Crippen molar-refractivity contribution in [2.75, 3.05) is 11.9 Å². The smallest absolute Gasteiger partial charge is 0.273 e. The maximum Gasteiger partial charge on any atom is 0.273 e. The second kappa shape index (κ2) is 7.91. The number of nitrogens with one attached hydrogen (secondary N) is 3. The van der Waals surface area contributed by atoms with Crippen LogP contribution in [0.4, 0.5) is 5.69 Å². The van der Waals surface area contributed by atoms with Crippen molar-refractivity contribution in [2.45, 2.75) is 20.4 Å². The Balaban J connectivity index is 1.66. The summed E-state index contributed by atoms with van der Waals surface area (Å²) in [6.07, 6.45) is 0. The Morgan fingerprint density at radius 3 is 2.25 bits per heavy atom. The van der Waals surface area contributed by atoms with Crippen LogP contribution in [0.5, 0.6) is 0 Å². The van der Waals surface area contributed by atoms with E-state index in [0.717, 1.165) is 15.8 Å². The van der Waals surface area contributed by atoms with Crippen molar-refractivity contribution in [3.8, 4) is 0 Å². The Labute approximate surface area is 160 Å². The second-order valence-corrected chi connectivity index (χ2v) is 6.47. The summed E-state index contributed by atoms with van der Waals surface area (Å²) >= 11 is 0. The van der Waals surface area contributed by atoms with Gasteiger partial charge in [0.1, 0.15) is 6.54 Å². The number of anilines is 1. The number of fused-ring (bicyclic) bond motifs is 1. The first-order valence-electron chi connectivity index (χ1n) is 8.71. The number of aromatic amines is 1. The highest BCUT2D eigenvalue weighted by Crippen LogP contribution is 2.18. The molecule has 144 valence electrons. The fourth-order valence-electron chi connectivity index (χ4n) is 2.93. The normalized spacial score (nSPS) is 10.6. The molecule has 3 aromatic rings. The van der Waals surface area contributed by atoms with Crippen LogP contribution in [0.3, 0.4) is 0 Å². The largest absolute Gasteiger partial charge is 0.345 e. The quantitative estimate of drug-likeness (QED) is 0.614. The van der Waals surface area contributed by atoms with Crippen molar-refractivity contribution in [3.05, 3.63) is 74.3 Å². The van der Waals surface area contributed by atoms with E-state index in [0.29, 0.717) is 5.69 Å². The van der Waals surface area contributed by atoms with Crippen LogP contribution in [0.1, 0.15) is 11.1 Å². The van der Waals surface area contributed by atoms with E-state index in [9.17, 15) is 19.2 Å². The van der Waals surface area contributed by atoms with Gasteiger partial charge in [-0.3, -0.25) is 24.3 Å². The summed E-state index contributed by atoms with van der Waals surface area (Å²) in [5.41, 5.74) is 1.60. The van der Waals surface area contributed by atoms with Crippen LogP contribution in [-0.4, -0.2) is 28.1 Å². The van der Waals surface area contributed by atoms with Crippen molar-refractivity contribution < 1.29 is 9.59 Å². The van der Waals surface area contributed by atoms with Gasteiger partial charge in [0, 0.05) is 5.69 Å². The third kappa shape index (κ3) is 4.01. The summed E-state index contributed by atoms with van der Waals surface area (Å²) in [6, 6.07) is 12.0. The number of H-pyrrole nitrogens is 1. The molecule has 0 radical (unpaired) electrons. The van der Waals surface area contributed by atoms with Crippen molar-refractivity contribution in [1.29, 1.82) is 0 Å². The van der Waals surface area contributed by atoms with Gasteiger partial charge in [0.2, 0.25) is 11.8 Å². The zero-order valence-electron chi connectivity index (χ0n) is 15.5. The third-order valence-electron chi connectivity index (χ3n) is 4.38. The molecule has 0 unspecified atom stereocenters. The molecule has 0 aliphatic carbocycles. The molecule has 0 saturated carbocycles. The van der Waals surface area contributed by atoms with Gasteiger partial charge in [0.05, 0.1) is 17.3 Å². The highest BCUT2D eigenvalue weighted by molar-refractivity contribution is 5.95. The van der Waals surface area contributed by atoms with Crippen molar-refractivity contribution >= 4 is 28.3 Å². The standard InChI is InChI=1S/C20H20N4O4/c1-12-6-5-7-13(2)18(12)22-16(25)10-21-17(26)11-24-20(28)15-9-4-3-8-14(15)19(27)23-24/h3-9H,10-11H2,1-2H3,(H,21,26)(H,22,25)(H,23,27). The van der Waals surface area contributed by atoms with E-state index in [1.54, 1.807) is 12.1 Å². The molecule has 0 bridgehead atoms. The highest BCUT2D eigenvalue weighted by Gasteiger charge is 2.12.